The van der Waals surface area contributed by atoms with E-state index in [-0.39, 0.29) is 128 Å². The Morgan fingerprint density at radius 3 is 2.09 bits per heavy atom. The number of unbranched alkanes of at least 4 members (excludes halogenated alkanes) is 1. The number of ether oxygens (including phenoxy) is 5. The fourth-order valence-corrected chi connectivity index (χ4v) is 13.2. The van der Waals surface area contributed by atoms with Gasteiger partial charge in [0.1, 0.15) is 36.3 Å². The number of hydrogen-bond donors (Lipinski definition) is 9. The van der Waals surface area contributed by atoms with Gasteiger partial charge in [-0.3, -0.25) is 42.9 Å². The van der Waals surface area contributed by atoms with Crippen molar-refractivity contribution in [1.29, 1.82) is 0 Å². The molecule has 4 aliphatic rings. The maximum atomic E-state index is 15.5. The first kappa shape index (κ1) is 75.1. The monoisotopic (exact) mass is 1400 g/mol. The summed E-state index contributed by atoms with van der Waals surface area (Å²) in [6.07, 6.45) is 1.27. The summed E-state index contributed by atoms with van der Waals surface area (Å²) >= 11 is 0. The molecule has 0 bridgehead atoms. The zero-order valence-corrected chi connectivity index (χ0v) is 57.1. The van der Waals surface area contributed by atoms with E-state index in [0.717, 1.165) is 11.1 Å². The van der Waals surface area contributed by atoms with E-state index in [9.17, 15) is 61.2 Å². The number of benzene rings is 3. The average Bonchev–Trinajstić information content (AvgIpc) is 1.50. The molecule has 0 saturated carbocycles. The molecule has 3 aliphatic heterocycles. The Labute approximate surface area is 577 Å². The minimum atomic E-state index is -4.72. The van der Waals surface area contributed by atoms with E-state index in [2.05, 4.69) is 43.7 Å². The van der Waals surface area contributed by atoms with Crippen LogP contribution in [0, 0.1) is 30.5 Å². The standard InChI is InChI=1S/C70H85FN10O18S/c1-5-70(91)49-34-56-64-47(38-81(56)68(89)48(49)39-99-69(70)90)62-51(20-19-46-42(4)50(71)35-53(77-64)61(46)62)75-59(84)36-74-65(86)52(15-10-11-24-72)78-67(88)63(41(2)3)79-58(83)23-27-96-29-31-98-33-32-97-30-28-95-26-22-57(82)76-54(40-100(92,93)94)66(87)73-25-21-60(85)80-37-45-14-7-6-12-43(45)17-18-44-13-8-9-16-55(44)80/h6-9,12-14,16,34-35,41,51-52,54,63,91H,5,10-11,15,19-33,36-40,72H2,1-4H3,(H,73,87)(H,74,86)(H,75,84)(H,76,82)(H,78,88)(H,79,83)(H,92,93,94)/t51-,52-,54?,63-,70-/m0/s1. The van der Waals surface area contributed by atoms with Crippen LogP contribution < -0.4 is 48.1 Å². The third-order valence-electron chi connectivity index (χ3n) is 17.9. The highest BCUT2D eigenvalue weighted by Gasteiger charge is 2.46. The zero-order chi connectivity index (χ0) is 71.8. The molecular weight excluding hydrogens is 1320 g/mol. The van der Waals surface area contributed by atoms with Crippen LogP contribution in [0.15, 0.2) is 65.5 Å². The summed E-state index contributed by atoms with van der Waals surface area (Å²) in [5, 5.41) is 28.1. The van der Waals surface area contributed by atoms with Gasteiger partial charge in [0.05, 0.1) is 107 Å². The topological polar surface area (TPSA) is 394 Å². The number of amides is 7. The molecule has 0 radical (unpaired) electrons. The van der Waals surface area contributed by atoms with Crippen LogP contribution in [0.5, 0.6) is 0 Å². The van der Waals surface area contributed by atoms with Crippen molar-refractivity contribution in [3.63, 3.8) is 0 Å². The molecule has 30 heteroatoms. The predicted molar refractivity (Wildman–Crippen MR) is 362 cm³/mol. The van der Waals surface area contributed by atoms with Gasteiger partial charge in [-0.15, -0.1) is 0 Å². The molecule has 0 spiro atoms. The van der Waals surface area contributed by atoms with Gasteiger partial charge in [0.15, 0.2) is 5.60 Å². The number of para-hydroxylation sites is 1. The summed E-state index contributed by atoms with van der Waals surface area (Å²) in [7, 11) is -4.72. The second-order valence-corrected chi connectivity index (χ2v) is 26.6. The molecule has 10 N–H and O–H groups in total. The number of carbonyl (C=O) groups is 8. The summed E-state index contributed by atoms with van der Waals surface area (Å²) in [6, 6.07) is 13.0. The Morgan fingerprint density at radius 1 is 0.780 bits per heavy atom. The number of nitrogens with zero attached hydrogens (tertiary/aromatic N) is 3. The van der Waals surface area contributed by atoms with Crippen molar-refractivity contribution in [1.82, 2.24) is 41.5 Å². The Kier molecular flexibility index (Phi) is 25.8. The summed E-state index contributed by atoms with van der Waals surface area (Å²) in [5.74, 6) is -0.941. The van der Waals surface area contributed by atoms with Crippen LogP contribution in [-0.4, -0.2) is 171 Å². The molecule has 0 saturated heterocycles. The van der Waals surface area contributed by atoms with Crippen LogP contribution in [0.3, 0.4) is 0 Å². The number of anilines is 1. The predicted octanol–water partition coefficient (Wildman–Crippen LogP) is 2.17. The molecule has 100 heavy (non-hydrogen) atoms. The van der Waals surface area contributed by atoms with Crippen LogP contribution in [-0.2, 0) is 104 Å². The van der Waals surface area contributed by atoms with Crippen molar-refractivity contribution in [3.05, 3.63) is 127 Å². The number of carbonyl (C=O) groups excluding carboxylic acids is 8. The molecule has 0 fully saturated rings. The third kappa shape index (κ3) is 18.5. The summed E-state index contributed by atoms with van der Waals surface area (Å²) in [6.45, 7) is 7.05. The number of aliphatic hydroxyl groups is 1. The van der Waals surface area contributed by atoms with Crippen molar-refractivity contribution in [3.8, 4) is 23.2 Å². The van der Waals surface area contributed by atoms with Crippen LogP contribution in [0.2, 0.25) is 0 Å². The fraction of sp³-hybridized carbons (Fsp3) is 0.486. The van der Waals surface area contributed by atoms with Crippen LogP contribution in [0.25, 0.3) is 22.3 Å². The van der Waals surface area contributed by atoms with Crippen LogP contribution >= 0.6 is 0 Å². The smallest absolute Gasteiger partial charge is 0.343 e. The molecule has 2 aromatic heterocycles. The Bertz CT molecular complexity index is 4180. The minimum absolute atomic E-state index is 0.00260. The number of pyridine rings is 2. The fourth-order valence-electron chi connectivity index (χ4n) is 12.5. The summed E-state index contributed by atoms with van der Waals surface area (Å²) in [4.78, 5) is 128. The Balaban J connectivity index is 0.654. The number of esters is 1. The lowest BCUT2D eigenvalue weighted by molar-refractivity contribution is -0.172. The Hall–Kier alpha value is -9.06. The number of aryl methyl sites for hydroxylation is 1. The van der Waals surface area contributed by atoms with E-state index in [1.807, 2.05) is 30.3 Å². The van der Waals surface area contributed by atoms with Crippen molar-refractivity contribution in [2.45, 2.75) is 135 Å². The van der Waals surface area contributed by atoms with E-state index in [1.165, 1.54) is 10.6 Å². The van der Waals surface area contributed by atoms with Crippen molar-refractivity contribution < 1.29 is 84.5 Å². The van der Waals surface area contributed by atoms with Gasteiger partial charge < -0.3 is 75.9 Å². The lowest BCUT2D eigenvalue weighted by Gasteiger charge is -2.31. The van der Waals surface area contributed by atoms with E-state index < -0.39 is 111 Å². The highest BCUT2D eigenvalue weighted by atomic mass is 32.2. The number of halogens is 1. The van der Waals surface area contributed by atoms with Gasteiger partial charge in [-0.25, -0.2) is 14.2 Å². The first-order chi connectivity index (χ1) is 47.9. The van der Waals surface area contributed by atoms with Crippen molar-refractivity contribution >= 4 is 74.0 Å². The van der Waals surface area contributed by atoms with Gasteiger partial charge in [0, 0.05) is 59.5 Å². The molecule has 5 atom stereocenters. The second-order valence-electron chi connectivity index (χ2n) is 25.1. The van der Waals surface area contributed by atoms with E-state index in [0.29, 0.717) is 88.0 Å². The van der Waals surface area contributed by atoms with E-state index >= 15 is 4.39 Å². The molecular formula is C70H85FN10O18S. The maximum absolute atomic E-state index is 15.5. The lowest BCUT2D eigenvalue weighted by Crippen LogP contribution is -2.56. The SMILES string of the molecule is CC[C@@]1(O)C(=O)OCc2c1cc1n(c2=O)Cc2c-1nc1cc(F)c(C)c3c1c2[C@@H](NC(=O)CNC(=O)[C@H](CCCCN)NC(=O)[C@@H](NC(=O)CCOCCOCCOCCOCCC(=O)NC(CS(=O)(=O)O)C(=O)NCCC(=O)N1Cc2ccccc2C#Cc2ccccc21)C(C)C)CC3. The zero-order valence-electron chi connectivity index (χ0n) is 56.3. The number of rotatable bonds is 35. The van der Waals surface area contributed by atoms with E-state index in [4.69, 9.17) is 34.4 Å². The molecule has 3 aromatic carbocycles. The maximum Gasteiger partial charge on any atom is 0.343 e. The van der Waals surface area contributed by atoms with Crippen molar-refractivity contribution in [2.24, 2.45) is 11.7 Å². The van der Waals surface area contributed by atoms with Crippen LogP contribution in [0.1, 0.15) is 128 Å². The van der Waals surface area contributed by atoms with Gasteiger partial charge in [0.25, 0.3) is 15.7 Å². The van der Waals surface area contributed by atoms with Crippen LogP contribution in [0.4, 0.5) is 10.1 Å². The first-order valence-electron chi connectivity index (χ1n) is 33.4. The number of nitrogens with one attached hydrogen (secondary N) is 6. The third-order valence-corrected chi connectivity index (χ3v) is 18.6. The molecule has 1 aliphatic carbocycles. The van der Waals surface area contributed by atoms with Gasteiger partial charge >= 0.3 is 5.97 Å². The minimum Gasteiger partial charge on any atom is -0.458 e. The van der Waals surface area contributed by atoms with E-state index in [1.54, 1.807) is 56.9 Å². The molecule has 9 rings (SSSR count). The molecule has 28 nitrogen and oxygen atoms in total. The number of cyclic esters (lactones) is 1. The lowest BCUT2D eigenvalue weighted by atomic mass is 9.81. The summed E-state index contributed by atoms with van der Waals surface area (Å²) in [5.41, 5.74) is 9.59. The quantitative estimate of drug-likeness (QED) is 0.0119. The second kappa shape index (κ2) is 34.3. The van der Waals surface area contributed by atoms with Gasteiger partial charge in [-0.1, -0.05) is 62.9 Å². The molecule has 536 valence electrons. The van der Waals surface area contributed by atoms with Gasteiger partial charge in [-0.2, -0.15) is 8.42 Å². The largest absolute Gasteiger partial charge is 0.458 e. The highest BCUT2D eigenvalue weighted by Crippen LogP contribution is 2.46. The first-order valence-corrected chi connectivity index (χ1v) is 35.0. The number of fused-ring (bicyclic) bond motifs is 7. The average molecular weight is 1410 g/mol. The Morgan fingerprint density at radius 2 is 1.42 bits per heavy atom. The molecule has 1 unspecified atom stereocenters. The summed E-state index contributed by atoms with van der Waals surface area (Å²) < 4.78 is 77.5. The number of nitrogens with two attached hydrogens (primary N) is 1. The normalized spacial score (nSPS) is 16.5. The van der Waals surface area contributed by atoms with Gasteiger partial charge in [-0.05, 0) is 104 Å². The molecule has 7 amide bonds. The number of aromatic nitrogens is 2. The highest BCUT2D eigenvalue weighted by molar-refractivity contribution is 7.85. The number of hydrogen-bond acceptors (Lipinski definition) is 19. The molecule has 5 aromatic rings. The molecule has 5 heterocycles. The van der Waals surface area contributed by atoms with Crippen molar-refractivity contribution in [2.75, 3.05) is 83.1 Å². The van der Waals surface area contributed by atoms with Gasteiger partial charge in [0.2, 0.25) is 41.4 Å².